The van der Waals surface area contributed by atoms with E-state index in [4.69, 9.17) is 0 Å². The van der Waals surface area contributed by atoms with Gasteiger partial charge in [-0.2, -0.15) is 4.39 Å². The van der Waals surface area contributed by atoms with Crippen molar-refractivity contribution in [2.75, 3.05) is 0 Å². The molecule has 0 bridgehead atoms. The number of nitro groups is 1. The first-order chi connectivity index (χ1) is 9.79. The summed E-state index contributed by atoms with van der Waals surface area (Å²) in [4.78, 5) is 13.3. The Balaban J connectivity index is 2.19. The van der Waals surface area contributed by atoms with Crippen molar-refractivity contribution >= 4 is 27.0 Å². The Morgan fingerprint density at radius 1 is 1.48 bits per heavy atom. The first kappa shape index (κ1) is 15.5. The van der Waals surface area contributed by atoms with Crippen LogP contribution in [0, 0.1) is 22.9 Å². The molecule has 0 spiro atoms. The number of thiazole rings is 1. The zero-order valence-electron chi connectivity index (χ0n) is 10.7. The van der Waals surface area contributed by atoms with E-state index in [0.29, 0.717) is 11.1 Å². The van der Waals surface area contributed by atoms with Gasteiger partial charge in [-0.3, -0.25) is 10.1 Å². The molecular weight excluding hydrogens is 321 g/mol. The number of halogens is 1. The van der Waals surface area contributed by atoms with Crippen LogP contribution in [0.15, 0.2) is 28.5 Å². The van der Waals surface area contributed by atoms with Crippen molar-refractivity contribution in [2.45, 2.75) is 18.4 Å². The Morgan fingerprint density at radius 3 is 2.71 bits per heavy atom. The number of nitro benzene ring substituents is 1. The lowest BCUT2D eigenvalue weighted by atomic mass is 10.3. The average molecular weight is 331 g/mol. The molecule has 0 radical (unpaired) electrons. The van der Waals surface area contributed by atoms with Gasteiger partial charge in [0, 0.05) is 23.2 Å². The lowest BCUT2D eigenvalue weighted by Gasteiger charge is -2.05. The van der Waals surface area contributed by atoms with Gasteiger partial charge >= 0.3 is 5.69 Å². The number of hydrogen-bond acceptors (Lipinski definition) is 6. The van der Waals surface area contributed by atoms with Crippen molar-refractivity contribution in [3.8, 4) is 0 Å². The Morgan fingerprint density at radius 2 is 2.19 bits per heavy atom. The quantitative estimate of drug-likeness (QED) is 0.666. The fourth-order valence-corrected chi connectivity index (χ4v) is 3.33. The van der Waals surface area contributed by atoms with Gasteiger partial charge in [0.05, 0.1) is 16.4 Å². The summed E-state index contributed by atoms with van der Waals surface area (Å²) in [7, 11) is -3.96. The molecule has 0 saturated carbocycles. The smallest absolute Gasteiger partial charge is 0.258 e. The minimum absolute atomic E-state index is 0.0283. The first-order valence-corrected chi connectivity index (χ1v) is 8.00. The van der Waals surface area contributed by atoms with E-state index in [1.54, 1.807) is 12.3 Å². The van der Waals surface area contributed by atoms with Gasteiger partial charge in [0.2, 0.25) is 15.8 Å². The topological polar surface area (TPSA) is 102 Å². The normalized spacial score (nSPS) is 11.5. The van der Waals surface area contributed by atoms with Crippen LogP contribution in [-0.2, 0) is 16.6 Å². The Bertz CT molecular complexity index is 789. The van der Waals surface area contributed by atoms with Gasteiger partial charge in [-0.1, -0.05) is 0 Å². The van der Waals surface area contributed by atoms with Crippen molar-refractivity contribution in [3.63, 3.8) is 0 Å². The summed E-state index contributed by atoms with van der Waals surface area (Å²) in [6.45, 7) is 1.75. The van der Waals surface area contributed by atoms with E-state index in [1.807, 2.05) is 0 Å². The molecule has 0 fully saturated rings. The molecule has 0 unspecified atom stereocenters. The molecule has 1 aromatic carbocycles. The lowest BCUT2D eigenvalue weighted by molar-refractivity contribution is -0.387. The average Bonchev–Trinajstić information content (AvgIpc) is 2.82. The second-order valence-electron chi connectivity index (χ2n) is 4.08. The largest absolute Gasteiger partial charge is 0.304 e. The van der Waals surface area contributed by atoms with Crippen LogP contribution in [0.3, 0.4) is 0 Å². The number of benzene rings is 1. The van der Waals surface area contributed by atoms with Crippen LogP contribution in [-0.4, -0.2) is 18.3 Å². The van der Waals surface area contributed by atoms with Crippen molar-refractivity contribution in [1.82, 2.24) is 9.71 Å². The molecule has 0 aliphatic heterocycles. The maximum Gasteiger partial charge on any atom is 0.304 e. The second kappa shape index (κ2) is 5.84. The molecule has 1 aromatic heterocycles. The van der Waals surface area contributed by atoms with E-state index in [-0.39, 0.29) is 11.4 Å². The first-order valence-electron chi connectivity index (χ1n) is 5.64. The molecule has 7 nitrogen and oxygen atoms in total. The fraction of sp³-hybridized carbons (Fsp3) is 0.182. The van der Waals surface area contributed by atoms with Crippen LogP contribution in [0.4, 0.5) is 10.1 Å². The van der Waals surface area contributed by atoms with Crippen molar-refractivity contribution in [2.24, 2.45) is 0 Å². The number of sulfonamides is 1. The van der Waals surface area contributed by atoms with E-state index in [1.165, 1.54) is 11.3 Å². The van der Waals surface area contributed by atoms with E-state index in [9.17, 15) is 22.9 Å². The molecule has 0 aliphatic rings. The molecule has 21 heavy (non-hydrogen) atoms. The highest BCUT2D eigenvalue weighted by Crippen LogP contribution is 2.21. The van der Waals surface area contributed by atoms with Crippen LogP contribution in [0.5, 0.6) is 0 Å². The predicted molar refractivity (Wildman–Crippen MR) is 73.9 cm³/mol. The summed E-state index contributed by atoms with van der Waals surface area (Å²) < 4.78 is 39.7. The van der Waals surface area contributed by atoms with Crippen molar-refractivity contribution in [3.05, 3.63) is 50.2 Å². The number of aryl methyl sites for hydroxylation is 1. The van der Waals surface area contributed by atoms with Crippen molar-refractivity contribution < 1.29 is 17.7 Å². The molecule has 2 rings (SSSR count). The van der Waals surface area contributed by atoms with Gasteiger partial charge in [0.25, 0.3) is 0 Å². The molecular formula is C11H10FN3O4S2. The van der Waals surface area contributed by atoms with Crippen LogP contribution < -0.4 is 4.72 Å². The Kier molecular flexibility index (Phi) is 4.30. The fourth-order valence-electron chi connectivity index (χ4n) is 1.53. The second-order valence-corrected chi connectivity index (χ2v) is 6.79. The maximum atomic E-state index is 13.5. The summed E-state index contributed by atoms with van der Waals surface area (Å²) in [6.07, 6.45) is 0. The molecule has 2 aromatic rings. The summed E-state index contributed by atoms with van der Waals surface area (Å²) in [6, 6.07) is 2.42. The predicted octanol–water partition coefficient (Wildman–Crippen LogP) is 1.98. The summed E-state index contributed by atoms with van der Waals surface area (Å²) in [5.74, 6) is -1.20. The third-order valence-electron chi connectivity index (χ3n) is 2.51. The van der Waals surface area contributed by atoms with E-state index in [0.717, 1.165) is 17.8 Å². The highest BCUT2D eigenvalue weighted by molar-refractivity contribution is 7.89. The molecule has 0 atom stereocenters. The number of nitrogens with zero attached hydrogens (tertiary/aromatic N) is 2. The van der Waals surface area contributed by atoms with Gasteiger partial charge in [-0.25, -0.2) is 18.1 Å². The molecule has 10 heteroatoms. The van der Waals surface area contributed by atoms with Gasteiger partial charge in [-0.15, -0.1) is 11.3 Å². The molecule has 0 aliphatic carbocycles. The maximum absolute atomic E-state index is 13.5. The Hall–Kier alpha value is -1.91. The van der Waals surface area contributed by atoms with E-state index in [2.05, 4.69) is 9.71 Å². The van der Waals surface area contributed by atoms with Gasteiger partial charge in [0.1, 0.15) is 5.01 Å². The molecule has 0 amide bonds. The number of nitrogens with one attached hydrogen (secondary N) is 1. The number of hydrogen-bond donors (Lipinski definition) is 1. The standard InChI is InChI=1S/C11H10FN3O4S2/c1-7-6-20-11(14-7)5-13-21(18,19)8-2-3-10(15(16)17)9(12)4-8/h2-4,6,13H,5H2,1H3. The summed E-state index contributed by atoms with van der Waals surface area (Å²) >= 11 is 1.29. The van der Waals surface area contributed by atoms with Crippen molar-refractivity contribution in [1.29, 1.82) is 0 Å². The monoisotopic (exact) mass is 331 g/mol. The molecule has 1 heterocycles. The van der Waals surface area contributed by atoms with E-state index < -0.39 is 26.5 Å². The van der Waals surface area contributed by atoms with Crippen LogP contribution in [0.1, 0.15) is 10.7 Å². The zero-order valence-corrected chi connectivity index (χ0v) is 12.4. The summed E-state index contributed by atoms with van der Waals surface area (Å²) in [5.41, 5.74) is 0.0000709. The van der Waals surface area contributed by atoms with Gasteiger partial charge in [-0.05, 0) is 13.0 Å². The van der Waals surface area contributed by atoms with E-state index >= 15 is 0 Å². The van der Waals surface area contributed by atoms with Gasteiger partial charge < -0.3 is 0 Å². The third-order valence-corrected chi connectivity index (χ3v) is 4.87. The minimum Gasteiger partial charge on any atom is -0.258 e. The zero-order chi connectivity index (χ0) is 15.6. The van der Waals surface area contributed by atoms with Crippen LogP contribution >= 0.6 is 11.3 Å². The number of rotatable bonds is 5. The number of aromatic nitrogens is 1. The van der Waals surface area contributed by atoms with Crippen LogP contribution in [0.2, 0.25) is 0 Å². The lowest BCUT2D eigenvalue weighted by Crippen LogP contribution is -2.23. The molecule has 1 N–H and O–H groups in total. The molecule has 0 saturated heterocycles. The summed E-state index contributed by atoms with van der Waals surface area (Å²) in [5, 5.41) is 12.8. The Labute approximate surface area is 123 Å². The third kappa shape index (κ3) is 3.60. The van der Waals surface area contributed by atoms with Gasteiger partial charge in [0.15, 0.2) is 0 Å². The highest BCUT2D eigenvalue weighted by Gasteiger charge is 2.20. The highest BCUT2D eigenvalue weighted by atomic mass is 32.2. The molecule has 112 valence electrons. The SMILES string of the molecule is Cc1csc(CNS(=O)(=O)c2ccc([N+](=O)[O-])c(F)c2)n1. The minimum atomic E-state index is -3.96. The van der Waals surface area contributed by atoms with Crippen LogP contribution in [0.25, 0.3) is 0 Å².